The van der Waals surface area contributed by atoms with Crippen molar-refractivity contribution < 1.29 is 23.8 Å². The van der Waals surface area contributed by atoms with E-state index in [0.29, 0.717) is 12.0 Å². The third kappa shape index (κ3) is 2.32. The molecule has 0 aliphatic carbocycles. The fourth-order valence-electron chi connectivity index (χ4n) is 1.14. The Kier molecular flexibility index (Phi) is 3.64. The number of esters is 2. The van der Waals surface area contributed by atoms with Crippen LogP contribution in [0, 0.1) is 0 Å². The van der Waals surface area contributed by atoms with Crippen molar-refractivity contribution in [1.82, 2.24) is 0 Å². The highest BCUT2D eigenvalue weighted by Gasteiger charge is 2.25. The average Bonchev–Trinajstić information content (AvgIpc) is 2.27. The smallest absolute Gasteiger partial charge is 0.335 e. The fraction of sp³-hybridized carbons (Fsp3) is 0.556. The van der Waals surface area contributed by atoms with E-state index in [-0.39, 0.29) is 6.61 Å². The summed E-state index contributed by atoms with van der Waals surface area (Å²) in [6.07, 6.45) is 1.38. The number of methoxy groups -OCH3 is 2. The first-order valence-electron chi connectivity index (χ1n) is 4.15. The van der Waals surface area contributed by atoms with Crippen LogP contribution in [0.1, 0.15) is 6.42 Å². The van der Waals surface area contributed by atoms with Gasteiger partial charge in [0.2, 0.25) is 0 Å². The largest absolute Gasteiger partial charge is 0.467 e. The summed E-state index contributed by atoms with van der Waals surface area (Å²) < 4.78 is 14.1. The summed E-state index contributed by atoms with van der Waals surface area (Å²) in [5.74, 6) is -0.849. The lowest BCUT2D eigenvalue weighted by atomic mass is 10.1. The third-order valence-electron chi connectivity index (χ3n) is 1.93. The first kappa shape index (κ1) is 10.7. The van der Waals surface area contributed by atoms with E-state index < -0.39 is 18.0 Å². The van der Waals surface area contributed by atoms with Gasteiger partial charge in [-0.1, -0.05) is 6.08 Å². The molecule has 0 amide bonds. The van der Waals surface area contributed by atoms with Crippen molar-refractivity contribution in [2.75, 3.05) is 20.8 Å². The standard InChI is InChI=1S/C9H12O5/c1-12-8(10)6-3-4-7(14-5-6)9(11)13-2/h3,7H,4-5H2,1-2H3. The van der Waals surface area contributed by atoms with Gasteiger partial charge in [-0.15, -0.1) is 0 Å². The molecule has 1 unspecified atom stereocenters. The van der Waals surface area contributed by atoms with Crippen molar-refractivity contribution in [3.8, 4) is 0 Å². The molecule has 78 valence electrons. The fourth-order valence-corrected chi connectivity index (χ4v) is 1.14. The van der Waals surface area contributed by atoms with Gasteiger partial charge >= 0.3 is 11.9 Å². The molecule has 1 atom stereocenters. The van der Waals surface area contributed by atoms with Crippen LogP contribution in [0.5, 0.6) is 0 Å². The highest BCUT2D eigenvalue weighted by molar-refractivity contribution is 5.89. The van der Waals surface area contributed by atoms with Crippen LogP contribution in [0.4, 0.5) is 0 Å². The monoisotopic (exact) mass is 200 g/mol. The van der Waals surface area contributed by atoms with Crippen LogP contribution >= 0.6 is 0 Å². The number of ether oxygens (including phenoxy) is 3. The van der Waals surface area contributed by atoms with E-state index in [0.717, 1.165) is 0 Å². The Hall–Kier alpha value is -1.36. The van der Waals surface area contributed by atoms with Crippen LogP contribution in [0.15, 0.2) is 11.6 Å². The van der Waals surface area contributed by atoms with Gasteiger partial charge in [0.15, 0.2) is 6.10 Å². The summed E-state index contributed by atoms with van der Waals surface area (Å²) in [7, 11) is 2.60. The van der Waals surface area contributed by atoms with Gasteiger partial charge in [0, 0.05) is 6.42 Å². The summed E-state index contributed by atoms with van der Waals surface area (Å²) >= 11 is 0. The molecule has 5 heteroatoms. The molecule has 0 fully saturated rings. The van der Waals surface area contributed by atoms with Crippen molar-refractivity contribution in [2.24, 2.45) is 0 Å². The molecular weight excluding hydrogens is 188 g/mol. The maximum absolute atomic E-state index is 11.0. The van der Waals surface area contributed by atoms with Gasteiger partial charge in [-0.2, -0.15) is 0 Å². The Morgan fingerprint density at radius 3 is 2.57 bits per heavy atom. The van der Waals surface area contributed by atoms with Crippen molar-refractivity contribution in [2.45, 2.75) is 12.5 Å². The van der Waals surface area contributed by atoms with E-state index in [1.807, 2.05) is 0 Å². The Morgan fingerprint density at radius 2 is 2.14 bits per heavy atom. The number of hydrogen-bond acceptors (Lipinski definition) is 5. The van der Waals surface area contributed by atoms with Crippen molar-refractivity contribution in [3.05, 3.63) is 11.6 Å². The maximum atomic E-state index is 11.0. The predicted molar refractivity (Wildman–Crippen MR) is 46.5 cm³/mol. The molecule has 1 aliphatic heterocycles. The Balaban J connectivity index is 2.55. The van der Waals surface area contributed by atoms with E-state index in [4.69, 9.17) is 4.74 Å². The third-order valence-corrected chi connectivity index (χ3v) is 1.93. The van der Waals surface area contributed by atoms with E-state index in [9.17, 15) is 9.59 Å². The van der Waals surface area contributed by atoms with Crippen LogP contribution in [-0.2, 0) is 23.8 Å². The highest BCUT2D eigenvalue weighted by atomic mass is 16.6. The SMILES string of the molecule is COC(=O)C1=CCC(C(=O)OC)OC1. The predicted octanol–water partition coefficient (Wildman–Crippen LogP) is 0.0477. The summed E-state index contributed by atoms with van der Waals surface area (Å²) in [5.41, 5.74) is 0.438. The number of hydrogen-bond donors (Lipinski definition) is 0. The first-order valence-corrected chi connectivity index (χ1v) is 4.15. The Bertz CT molecular complexity index is 268. The molecule has 1 rings (SSSR count). The van der Waals surface area contributed by atoms with Crippen molar-refractivity contribution in [1.29, 1.82) is 0 Å². The van der Waals surface area contributed by atoms with E-state index in [1.165, 1.54) is 14.2 Å². The molecule has 0 N–H and O–H groups in total. The number of rotatable bonds is 2. The zero-order chi connectivity index (χ0) is 10.6. The van der Waals surface area contributed by atoms with E-state index in [2.05, 4.69) is 9.47 Å². The summed E-state index contributed by atoms with van der Waals surface area (Å²) in [5, 5.41) is 0. The van der Waals surface area contributed by atoms with E-state index in [1.54, 1.807) is 6.08 Å². The number of carbonyl (C=O) groups excluding carboxylic acids is 2. The lowest BCUT2D eigenvalue weighted by Crippen LogP contribution is -2.30. The number of carbonyl (C=O) groups is 2. The Labute approximate surface area is 81.6 Å². The van der Waals surface area contributed by atoms with Gasteiger partial charge in [-0.25, -0.2) is 9.59 Å². The summed E-state index contributed by atoms with van der Waals surface area (Å²) in [6, 6.07) is 0. The van der Waals surface area contributed by atoms with Crippen LogP contribution in [0.3, 0.4) is 0 Å². The molecule has 0 bridgehead atoms. The topological polar surface area (TPSA) is 61.8 Å². The highest BCUT2D eigenvalue weighted by Crippen LogP contribution is 2.14. The van der Waals surface area contributed by atoms with Crippen LogP contribution in [-0.4, -0.2) is 38.9 Å². The molecule has 0 saturated carbocycles. The molecule has 14 heavy (non-hydrogen) atoms. The van der Waals surface area contributed by atoms with Gasteiger partial charge in [0.05, 0.1) is 26.4 Å². The minimum atomic E-state index is -0.603. The maximum Gasteiger partial charge on any atom is 0.335 e. The lowest BCUT2D eigenvalue weighted by Gasteiger charge is -2.19. The second kappa shape index (κ2) is 4.76. The summed E-state index contributed by atoms with van der Waals surface area (Å²) in [4.78, 5) is 22.0. The second-order valence-corrected chi connectivity index (χ2v) is 2.78. The van der Waals surface area contributed by atoms with Crippen LogP contribution in [0.25, 0.3) is 0 Å². The lowest BCUT2D eigenvalue weighted by molar-refractivity contribution is -0.155. The van der Waals surface area contributed by atoms with E-state index >= 15 is 0 Å². The first-order chi connectivity index (χ1) is 6.69. The molecule has 1 heterocycles. The molecule has 0 aromatic carbocycles. The zero-order valence-corrected chi connectivity index (χ0v) is 8.11. The molecule has 0 aromatic rings. The van der Waals surface area contributed by atoms with Crippen LogP contribution < -0.4 is 0 Å². The summed E-state index contributed by atoms with van der Waals surface area (Å²) in [6.45, 7) is 0.0897. The molecule has 0 aromatic heterocycles. The average molecular weight is 200 g/mol. The zero-order valence-electron chi connectivity index (χ0n) is 8.11. The van der Waals surface area contributed by atoms with Gasteiger partial charge in [0.1, 0.15) is 0 Å². The molecule has 5 nitrogen and oxygen atoms in total. The minimum Gasteiger partial charge on any atom is -0.467 e. The van der Waals surface area contributed by atoms with Crippen LogP contribution in [0.2, 0.25) is 0 Å². The molecule has 0 radical (unpaired) electrons. The minimum absolute atomic E-state index is 0.0897. The van der Waals surface area contributed by atoms with Gasteiger partial charge in [-0.05, 0) is 0 Å². The molecular formula is C9H12O5. The van der Waals surface area contributed by atoms with Crippen molar-refractivity contribution in [3.63, 3.8) is 0 Å². The Morgan fingerprint density at radius 1 is 1.43 bits per heavy atom. The second-order valence-electron chi connectivity index (χ2n) is 2.78. The van der Waals surface area contributed by atoms with Gasteiger partial charge in [-0.3, -0.25) is 0 Å². The van der Waals surface area contributed by atoms with Gasteiger partial charge < -0.3 is 14.2 Å². The van der Waals surface area contributed by atoms with Gasteiger partial charge in [0.25, 0.3) is 0 Å². The quantitative estimate of drug-likeness (QED) is 0.589. The van der Waals surface area contributed by atoms with Crippen molar-refractivity contribution >= 4 is 11.9 Å². The molecule has 0 saturated heterocycles. The molecule has 1 aliphatic rings. The normalized spacial score (nSPS) is 21.0. The molecule has 0 spiro atoms.